The lowest BCUT2D eigenvalue weighted by molar-refractivity contribution is -0.140. The molecule has 1 aromatic rings. The van der Waals surface area contributed by atoms with E-state index >= 15 is 0 Å². The van der Waals surface area contributed by atoms with Gasteiger partial charge < -0.3 is 24.4 Å². The minimum absolute atomic E-state index is 0.0158. The van der Waals surface area contributed by atoms with Gasteiger partial charge in [-0.25, -0.2) is 0 Å². The Balaban J connectivity index is 1.59. The number of β-amino-alcohol motifs (C(OH)–C–C–N with tert-alkyl or cyclic N) is 1. The van der Waals surface area contributed by atoms with Gasteiger partial charge in [-0.1, -0.05) is 18.2 Å². The molecule has 3 rings (SSSR count). The second-order valence-corrected chi connectivity index (χ2v) is 6.61. The van der Waals surface area contributed by atoms with Gasteiger partial charge in [0.1, 0.15) is 18.0 Å². The molecular formula is C18H24N2O5. The van der Waals surface area contributed by atoms with Crippen LogP contribution in [0.1, 0.15) is 12.8 Å². The number of rotatable bonds is 5. The van der Waals surface area contributed by atoms with Crippen LogP contribution in [0.3, 0.4) is 0 Å². The van der Waals surface area contributed by atoms with E-state index in [-0.39, 0.29) is 38.1 Å². The van der Waals surface area contributed by atoms with Crippen molar-refractivity contribution in [3.05, 3.63) is 30.3 Å². The van der Waals surface area contributed by atoms with Crippen LogP contribution >= 0.6 is 0 Å². The Morgan fingerprint density at radius 1 is 1.28 bits per heavy atom. The molecule has 2 heterocycles. The number of amides is 2. The summed E-state index contributed by atoms with van der Waals surface area (Å²) in [4.78, 5) is 27.4. The molecule has 1 atom stereocenters. The van der Waals surface area contributed by atoms with E-state index in [9.17, 15) is 14.7 Å². The fraction of sp³-hybridized carbons (Fsp3) is 0.556. The minimum Gasteiger partial charge on any atom is -0.490 e. The molecule has 0 unspecified atom stereocenters. The Bertz CT molecular complexity index is 609. The topological polar surface area (TPSA) is 79.3 Å². The van der Waals surface area contributed by atoms with Crippen LogP contribution in [0, 0.1) is 0 Å². The lowest BCUT2D eigenvalue weighted by Crippen LogP contribution is -2.52. The minimum atomic E-state index is -1.28. The van der Waals surface area contributed by atoms with Crippen LogP contribution in [-0.4, -0.2) is 78.3 Å². The molecule has 2 amide bonds. The van der Waals surface area contributed by atoms with Crippen molar-refractivity contribution < 1.29 is 24.2 Å². The van der Waals surface area contributed by atoms with Crippen molar-refractivity contribution in [1.29, 1.82) is 0 Å². The summed E-state index contributed by atoms with van der Waals surface area (Å²) in [6, 6.07) is 9.21. The summed E-state index contributed by atoms with van der Waals surface area (Å²) in [5.74, 6) is 0.502. The van der Waals surface area contributed by atoms with Gasteiger partial charge in [0.25, 0.3) is 0 Å². The maximum absolute atomic E-state index is 12.5. The van der Waals surface area contributed by atoms with E-state index < -0.39 is 5.60 Å². The van der Waals surface area contributed by atoms with E-state index in [0.717, 1.165) is 6.42 Å². The summed E-state index contributed by atoms with van der Waals surface area (Å²) >= 11 is 0. The van der Waals surface area contributed by atoms with Crippen molar-refractivity contribution in [3.8, 4) is 5.75 Å². The number of carbonyl (C=O) groups excluding carboxylic acids is 2. The fourth-order valence-corrected chi connectivity index (χ4v) is 3.09. The number of hydrogen-bond donors (Lipinski definition) is 1. The average Bonchev–Trinajstić information content (AvgIpc) is 2.90. The van der Waals surface area contributed by atoms with Crippen molar-refractivity contribution in [3.63, 3.8) is 0 Å². The zero-order valence-electron chi connectivity index (χ0n) is 14.2. The van der Waals surface area contributed by atoms with Gasteiger partial charge in [0.15, 0.2) is 0 Å². The van der Waals surface area contributed by atoms with E-state index in [4.69, 9.17) is 9.47 Å². The summed E-state index contributed by atoms with van der Waals surface area (Å²) in [5.41, 5.74) is -1.28. The molecule has 0 aliphatic carbocycles. The smallest absolute Gasteiger partial charge is 0.242 e. The van der Waals surface area contributed by atoms with Gasteiger partial charge in [-0.05, 0) is 18.6 Å². The van der Waals surface area contributed by atoms with Gasteiger partial charge in [0.05, 0.1) is 26.3 Å². The highest BCUT2D eigenvalue weighted by molar-refractivity contribution is 5.86. The highest BCUT2D eigenvalue weighted by atomic mass is 16.5. The zero-order valence-corrected chi connectivity index (χ0v) is 14.2. The molecule has 2 saturated heterocycles. The van der Waals surface area contributed by atoms with E-state index in [2.05, 4.69) is 0 Å². The summed E-state index contributed by atoms with van der Waals surface area (Å²) in [5, 5.41) is 10.8. The van der Waals surface area contributed by atoms with Crippen molar-refractivity contribution in [2.75, 3.05) is 46.0 Å². The van der Waals surface area contributed by atoms with Gasteiger partial charge in [-0.15, -0.1) is 0 Å². The second-order valence-electron chi connectivity index (χ2n) is 6.61. The molecule has 1 aromatic carbocycles. The van der Waals surface area contributed by atoms with Gasteiger partial charge >= 0.3 is 0 Å². The summed E-state index contributed by atoms with van der Waals surface area (Å²) < 4.78 is 11.1. The first-order valence-electron chi connectivity index (χ1n) is 8.59. The normalized spacial score (nSPS) is 24.3. The second kappa shape index (κ2) is 7.84. The van der Waals surface area contributed by atoms with E-state index in [0.29, 0.717) is 31.9 Å². The van der Waals surface area contributed by atoms with E-state index in [1.54, 1.807) is 9.80 Å². The SMILES string of the molecule is O=C1CCCN1CC(=O)N1CCOC[C@](O)(COc2ccccc2)C1. The number of likely N-dealkylation sites (tertiary alicyclic amines) is 1. The lowest BCUT2D eigenvalue weighted by atomic mass is 10.1. The average molecular weight is 348 g/mol. The number of ether oxygens (including phenoxy) is 2. The largest absolute Gasteiger partial charge is 0.490 e. The third-order valence-corrected chi connectivity index (χ3v) is 4.46. The van der Waals surface area contributed by atoms with Crippen LogP contribution in [0.2, 0.25) is 0 Å². The quantitative estimate of drug-likeness (QED) is 0.827. The first kappa shape index (κ1) is 17.7. The third kappa shape index (κ3) is 4.70. The summed E-state index contributed by atoms with van der Waals surface area (Å²) in [6.45, 7) is 1.70. The molecular weight excluding hydrogens is 324 g/mol. The van der Waals surface area contributed by atoms with Crippen LogP contribution in [0.25, 0.3) is 0 Å². The Kier molecular flexibility index (Phi) is 5.55. The highest BCUT2D eigenvalue weighted by Gasteiger charge is 2.36. The van der Waals surface area contributed by atoms with Crippen molar-refractivity contribution in [1.82, 2.24) is 9.80 Å². The fourth-order valence-electron chi connectivity index (χ4n) is 3.09. The van der Waals surface area contributed by atoms with Crippen LogP contribution in [0.4, 0.5) is 0 Å². The lowest BCUT2D eigenvalue weighted by Gasteiger charge is -2.31. The van der Waals surface area contributed by atoms with Gasteiger partial charge in [0, 0.05) is 19.5 Å². The number of carbonyl (C=O) groups is 2. The maximum Gasteiger partial charge on any atom is 0.242 e. The molecule has 2 aliphatic rings. The predicted octanol–water partition coefficient (Wildman–Crippen LogP) is 0.278. The van der Waals surface area contributed by atoms with E-state index in [1.165, 1.54) is 0 Å². The molecule has 25 heavy (non-hydrogen) atoms. The Morgan fingerprint density at radius 3 is 2.80 bits per heavy atom. The molecule has 0 bridgehead atoms. The maximum atomic E-state index is 12.5. The van der Waals surface area contributed by atoms with Crippen LogP contribution in [0.5, 0.6) is 5.75 Å². The van der Waals surface area contributed by atoms with Gasteiger partial charge in [-0.2, -0.15) is 0 Å². The molecule has 0 saturated carbocycles. The number of para-hydroxylation sites is 1. The molecule has 7 heteroatoms. The molecule has 7 nitrogen and oxygen atoms in total. The third-order valence-electron chi connectivity index (χ3n) is 4.46. The molecule has 0 aromatic heterocycles. The van der Waals surface area contributed by atoms with Crippen LogP contribution in [-0.2, 0) is 14.3 Å². The van der Waals surface area contributed by atoms with Gasteiger partial charge in [0.2, 0.25) is 11.8 Å². The molecule has 1 N–H and O–H groups in total. The molecule has 0 radical (unpaired) electrons. The Morgan fingerprint density at radius 2 is 2.08 bits per heavy atom. The van der Waals surface area contributed by atoms with E-state index in [1.807, 2.05) is 30.3 Å². The monoisotopic (exact) mass is 348 g/mol. The number of hydrogen-bond acceptors (Lipinski definition) is 5. The zero-order chi connectivity index (χ0) is 17.7. The predicted molar refractivity (Wildman–Crippen MR) is 90.1 cm³/mol. The molecule has 2 aliphatic heterocycles. The number of benzene rings is 1. The molecule has 136 valence electrons. The Hall–Kier alpha value is -2.12. The first-order valence-corrected chi connectivity index (χ1v) is 8.59. The molecule has 0 spiro atoms. The van der Waals surface area contributed by atoms with Gasteiger partial charge in [-0.3, -0.25) is 9.59 Å². The van der Waals surface area contributed by atoms with Crippen LogP contribution < -0.4 is 4.74 Å². The number of nitrogens with zero attached hydrogens (tertiary/aromatic N) is 2. The van der Waals surface area contributed by atoms with Crippen LogP contribution in [0.15, 0.2) is 30.3 Å². The summed E-state index contributed by atoms with van der Waals surface area (Å²) in [6.07, 6.45) is 1.30. The molecule has 2 fully saturated rings. The van der Waals surface area contributed by atoms with Crippen molar-refractivity contribution >= 4 is 11.8 Å². The number of aliphatic hydroxyl groups is 1. The standard InChI is InChI=1S/C18H24N2O5/c21-16-7-4-8-19(16)11-17(22)20-9-10-24-13-18(23,12-20)14-25-15-5-2-1-3-6-15/h1-3,5-6,23H,4,7-14H2/t18-/m0/s1. The highest BCUT2D eigenvalue weighted by Crippen LogP contribution is 2.17. The summed E-state index contributed by atoms with van der Waals surface area (Å²) in [7, 11) is 0. The first-order chi connectivity index (χ1) is 12.1. The van der Waals surface area contributed by atoms with Crippen molar-refractivity contribution in [2.45, 2.75) is 18.4 Å². The van der Waals surface area contributed by atoms with Crippen molar-refractivity contribution in [2.24, 2.45) is 0 Å². The Labute approximate surface area is 147 Å².